The van der Waals surface area contributed by atoms with Crippen LogP contribution in [0.15, 0.2) is 0 Å². The Hall–Kier alpha value is -0.810. The number of aryl methyl sites for hydroxylation is 3. The lowest BCUT2D eigenvalue weighted by molar-refractivity contribution is 1.09. The quantitative estimate of drug-likeness (QED) is 0.727. The van der Waals surface area contributed by atoms with Crippen LogP contribution in [0, 0.1) is 20.8 Å². The maximum atomic E-state index is 4.46. The molecule has 0 unspecified atom stereocenters. The summed E-state index contributed by atoms with van der Waals surface area (Å²) in [6.45, 7) is 6.07. The number of thiazole rings is 1. The molecule has 3 nitrogen and oxygen atoms in total. The van der Waals surface area contributed by atoms with Gasteiger partial charge in [-0.3, -0.25) is 0 Å². The molecule has 0 saturated heterocycles. The molecular weight excluding hydrogens is 202 g/mol. The minimum absolute atomic E-state index is 0.971. The van der Waals surface area contributed by atoms with Gasteiger partial charge in [0.25, 0.3) is 0 Å². The van der Waals surface area contributed by atoms with Crippen molar-refractivity contribution in [2.45, 2.75) is 20.8 Å². The van der Waals surface area contributed by atoms with Gasteiger partial charge in [-0.05, 0) is 32.3 Å². The fraction of sp³-hybridized carbons (Fsp3) is 0.375. The third kappa shape index (κ3) is 1.49. The van der Waals surface area contributed by atoms with Gasteiger partial charge in [0.2, 0.25) is 0 Å². The van der Waals surface area contributed by atoms with Crippen molar-refractivity contribution in [1.82, 2.24) is 14.6 Å². The van der Waals surface area contributed by atoms with Gasteiger partial charge in [-0.15, -0.1) is 16.4 Å². The lowest BCUT2D eigenvalue weighted by Crippen LogP contribution is -1.77. The van der Waals surface area contributed by atoms with Crippen molar-refractivity contribution in [3.05, 3.63) is 16.3 Å². The number of rotatable bonds is 1. The summed E-state index contributed by atoms with van der Waals surface area (Å²) in [6, 6.07) is 0. The van der Waals surface area contributed by atoms with Crippen molar-refractivity contribution >= 4 is 22.9 Å². The van der Waals surface area contributed by atoms with E-state index in [0.717, 1.165) is 21.3 Å². The van der Waals surface area contributed by atoms with Gasteiger partial charge in [0, 0.05) is 4.88 Å². The lowest BCUT2D eigenvalue weighted by atomic mass is 10.4. The molecule has 0 aliphatic carbocycles. The molecular formula is C8H9N3S2. The average Bonchev–Trinajstić information content (AvgIpc) is 2.60. The molecule has 0 N–H and O–H groups in total. The summed E-state index contributed by atoms with van der Waals surface area (Å²) in [4.78, 5) is 6.83. The molecule has 2 aromatic heterocycles. The highest BCUT2D eigenvalue weighted by Crippen LogP contribution is 2.30. The van der Waals surface area contributed by atoms with E-state index in [0.29, 0.717) is 0 Å². The summed E-state index contributed by atoms with van der Waals surface area (Å²) in [5.41, 5.74) is 2.08. The molecule has 0 fully saturated rings. The molecule has 0 radical (unpaired) electrons. The summed E-state index contributed by atoms with van der Waals surface area (Å²) in [5, 5.41) is 5.01. The maximum absolute atomic E-state index is 4.46. The van der Waals surface area contributed by atoms with Crippen LogP contribution in [-0.4, -0.2) is 14.6 Å². The van der Waals surface area contributed by atoms with Crippen LogP contribution in [0.4, 0.5) is 0 Å². The standard InChI is InChI=1S/C8H9N3S2/c1-4-6(3)12-8(9-4)7-5(2)10-11-13-7/h1-3H3. The Bertz CT molecular complexity index is 411. The van der Waals surface area contributed by atoms with E-state index in [-0.39, 0.29) is 0 Å². The van der Waals surface area contributed by atoms with Gasteiger partial charge in [-0.1, -0.05) is 4.49 Å². The number of hydrogen-bond donors (Lipinski definition) is 0. The van der Waals surface area contributed by atoms with Gasteiger partial charge in [-0.25, -0.2) is 4.98 Å². The van der Waals surface area contributed by atoms with E-state index in [2.05, 4.69) is 21.5 Å². The normalized spacial score (nSPS) is 10.7. The van der Waals surface area contributed by atoms with Crippen molar-refractivity contribution in [2.75, 3.05) is 0 Å². The first-order chi connectivity index (χ1) is 6.18. The number of aromatic nitrogens is 3. The molecule has 2 rings (SSSR count). The smallest absolute Gasteiger partial charge is 0.137 e. The first-order valence-electron chi connectivity index (χ1n) is 3.92. The molecule has 0 aliphatic heterocycles. The van der Waals surface area contributed by atoms with E-state index >= 15 is 0 Å². The van der Waals surface area contributed by atoms with Crippen LogP contribution in [0.2, 0.25) is 0 Å². The first-order valence-corrected chi connectivity index (χ1v) is 5.51. The highest BCUT2D eigenvalue weighted by Gasteiger charge is 2.11. The van der Waals surface area contributed by atoms with Crippen LogP contribution in [-0.2, 0) is 0 Å². The molecule has 0 saturated carbocycles. The van der Waals surface area contributed by atoms with E-state index in [9.17, 15) is 0 Å². The van der Waals surface area contributed by atoms with E-state index in [1.54, 1.807) is 11.3 Å². The SMILES string of the molecule is Cc1nc(-c2snnc2C)sc1C. The van der Waals surface area contributed by atoms with Crippen LogP contribution >= 0.6 is 22.9 Å². The largest absolute Gasteiger partial charge is 0.240 e. The Morgan fingerprint density at radius 2 is 1.85 bits per heavy atom. The molecule has 0 aliphatic rings. The molecule has 13 heavy (non-hydrogen) atoms. The highest BCUT2D eigenvalue weighted by atomic mass is 32.1. The van der Waals surface area contributed by atoms with Crippen molar-refractivity contribution in [3.8, 4) is 9.88 Å². The summed E-state index contributed by atoms with van der Waals surface area (Å²) in [6.07, 6.45) is 0. The molecule has 0 amide bonds. The Kier molecular flexibility index (Phi) is 2.13. The van der Waals surface area contributed by atoms with Gasteiger partial charge in [0.1, 0.15) is 9.88 Å². The Labute approximate surface area is 84.6 Å². The fourth-order valence-corrected chi connectivity index (χ4v) is 2.68. The minimum Gasteiger partial charge on any atom is -0.240 e. The summed E-state index contributed by atoms with van der Waals surface area (Å²) in [7, 11) is 0. The van der Waals surface area contributed by atoms with Crippen molar-refractivity contribution in [3.63, 3.8) is 0 Å². The first kappa shape index (κ1) is 8.77. The average molecular weight is 211 g/mol. The zero-order valence-corrected chi connectivity index (χ0v) is 9.29. The Balaban J connectivity index is 2.53. The van der Waals surface area contributed by atoms with Crippen molar-refractivity contribution in [2.24, 2.45) is 0 Å². The predicted molar refractivity (Wildman–Crippen MR) is 55.2 cm³/mol. The molecule has 68 valence electrons. The maximum Gasteiger partial charge on any atom is 0.137 e. The minimum atomic E-state index is 0.971. The van der Waals surface area contributed by atoms with Crippen LogP contribution < -0.4 is 0 Å². The number of nitrogens with zero attached hydrogens (tertiary/aromatic N) is 3. The Morgan fingerprint density at radius 1 is 1.08 bits per heavy atom. The van der Waals surface area contributed by atoms with Crippen molar-refractivity contribution < 1.29 is 0 Å². The zero-order valence-electron chi connectivity index (χ0n) is 7.66. The zero-order chi connectivity index (χ0) is 9.42. The highest BCUT2D eigenvalue weighted by molar-refractivity contribution is 7.19. The van der Waals surface area contributed by atoms with E-state index < -0.39 is 0 Å². The van der Waals surface area contributed by atoms with E-state index in [1.165, 1.54) is 16.4 Å². The molecule has 0 aromatic carbocycles. The monoisotopic (exact) mass is 211 g/mol. The molecule has 2 heterocycles. The third-order valence-corrected chi connectivity index (χ3v) is 3.93. The van der Waals surface area contributed by atoms with Gasteiger partial charge in [0.05, 0.1) is 11.4 Å². The van der Waals surface area contributed by atoms with E-state index in [1.807, 2.05) is 13.8 Å². The van der Waals surface area contributed by atoms with Crippen molar-refractivity contribution in [1.29, 1.82) is 0 Å². The summed E-state index contributed by atoms with van der Waals surface area (Å²) < 4.78 is 3.90. The van der Waals surface area contributed by atoms with Crippen LogP contribution in [0.1, 0.15) is 16.3 Å². The molecule has 0 atom stereocenters. The van der Waals surface area contributed by atoms with Crippen LogP contribution in [0.3, 0.4) is 0 Å². The fourth-order valence-electron chi connectivity index (χ4n) is 0.998. The second-order valence-corrected chi connectivity index (χ2v) is 4.81. The van der Waals surface area contributed by atoms with E-state index in [4.69, 9.17) is 0 Å². The Morgan fingerprint density at radius 3 is 2.31 bits per heavy atom. The predicted octanol–water partition coefficient (Wildman–Crippen LogP) is 2.59. The van der Waals surface area contributed by atoms with Gasteiger partial charge >= 0.3 is 0 Å². The summed E-state index contributed by atoms with van der Waals surface area (Å²) in [5.74, 6) is 0. The molecule has 5 heteroatoms. The second kappa shape index (κ2) is 3.16. The second-order valence-electron chi connectivity index (χ2n) is 2.85. The molecule has 2 aromatic rings. The van der Waals surface area contributed by atoms with Crippen LogP contribution in [0.25, 0.3) is 9.88 Å². The topological polar surface area (TPSA) is 38.7 Å². The number of hydrogen-bond acceptors (Lipinski definition) is 5. The summed E-state index contributed by atoms with van der Waals surface area (Å²) >= 11 is 3.12. The van der Waals surface area contributed by atoms with Crippen LogP contribution in [0.5, 0.6) is 0 Å². The van der Waals surface area contributed by atoms with Gasteiger partial charge < -0.3 is 0 Å². The molecule has 0 spiro atoms. The van der Waals surface area contributed by atoms with Gasteiger partial charge in [0.15, 0.2) is 0 Å². The van der Waals surface area contributed by atoms with Gasteiger partial charge in [-0.2, -0.15) is 0 Å². The third-order valence-electron chi connectivity index (χ3n) is 1.87. The molecule has 0 bridgehead atoms. The lowest BCUT2D eigenvalue weighted by Gasteiger charge is -1.87.